The van der Waals surface area contributed by atoms with Crippen molar-refractivity contribution in [2.75, 3.05) is 18.9 Å². The molecule has 0 aliphatic carbocycles. The van der Waals surface area contributed by atoms with E-state index >= 15 is 0 Å². The summed E-state index contributed by atoms with van der Waals surface area (Å²) in [6.45, 7) is 2.97. The lowest BCUT2D eigenvalue weighted by Gasteiger charge is -2.23. The second-order valence-corrected chi connectivity index (χ2v) is 9.96. The number of ether oxygens (including phenoxy) is 2. The first-order valence-electron chi connectivity index (χ1n) is 10.5. The third-order valence-corrected chi connectivity index (χ3v) is 7.10. The second-order valence-electron chi connectivity index (χ2n) is 7.49. The van der Waals surface area contributed by atoms with Gasteiger partial charge in [0.25, 0.3) is 0 Å². The van der Waals surface area contributed by atoms with Crippen molar-refractivity contribution in [2.24, 2.45) is 5.73 Å². The largest absolute Gasteiger partial charge is 0.481 e. The average Bonchev–Trinajstić information content (AvgIpc) is 3.27. The summed E-state index contributed by atoms with van der Waals surface area (Å²) in [5, 5.41) is 7.20. The maximum atomic E-state index is 13.3. The van der Waals surface area contributed by atoms with Crippen LogP contribution in [0.2, 0.25) is 5.02 Å². The number of rotatable bonds is 11. The smallest absolute Gasteiger partial charge is 0.240 e. The highest BCUT2D eigenvalue weighted by Crippen LogP contribution is 2.29. The molecule has 0 radical (unpaired) electrons. The molecule has 192 valence electrons. The molecule has 3 rings (SSSR count). The van der Waals surface area contributed by atoms with Crippen LogP contribution in [0.4, 0.5) is 5.95 Å². The van der Waals surface area contributed by atoms with E-state index in [0.29, 0.717) is 16.6 Å². The van der Waals surface area contributed by atoms with Crippen LogP contribution in [-0.2, 0) is 19.6 Å². The van der Waals surface area contributed by atoms with Gasteiger partial charge in [0.1, 0.15) is 17.0 Å². The summed E-state index contributed by atoms with van der Waals surface area (Å²) in [4.78, 5) is 25.1. The lowest BCUT2D eigenvalue weighted by Crippen LogP contribution is -2.34. The van der Waals surface area contributed by atoms with Crippen molar-refractivity contribution in [3.05, 3.63) is 53.7 Å². The summed E-state index contributed by atoms with van der Waals surface area (Å²) in [6.07, 6.45) is 3.90. The van der Waals surface area contributed by atoms with Crippen molar-refractivity contribution >= 4 is 33.4 Å². The number of halogens is 1. The Morgan fingerprint density at radius 3 is 2.50 bits per heavy atom. The fourth-order valence-electron chi connectivity index (χ4n) is 3.28. The summed E-state index contributed by atoms with van der Waals surface area (Å²) in [5.41, 5.74) is 5.69. The summed E-state index contributed by atoms with van der Waals surface area (Å²) < 4.78 is 41.0. The van der Waals surface area contributed by atoms with Gasteiger partial charge in [0.05, 0.1) is 18.2 Å². The van der Waals surface area contributed by atoms with E-state index in [0.717, 1.165) is 12.3 Å². The van der Waals surface area contributed by atoms with Crippen LogP contribution in [0, 0.1) is 0 Å². The zero-order chi connectivity index (χ0) is 26.5. The Morgan fingerprint density at radius 2 is 1.89 bits per heavy atom. The number of nitrogens with zero attached hydrogens (tertiary/aromatic N) is 6. The minimum atomic E-state index is -4.17. The van der Waals surface area contributed by atoms with E-state index < -0.39 is 33.2 Å². The number of nitrogens with two attached hydrogens (primary N) is 1. The van der Waals surface area contributed by atoms with Gasteiger partial charge < -0.3 is 15.2 Å². The normalized spacial score (nSPS) is 14.4. The summed E-state index contributed by atoms with van der Waals surface area (Å²) in [6, 6.07) is 3.99. The minimum Gasteiger partial charge on any atom is -0.481 e. The first kappa shape index (κ1) is 27.0. The molecule has 0 spiro atoms. The Balaban J connectivity index is 2.04. The number of nitrogens with one attached hydrogen (secondary N) is 1. The predicted molar refractivity (Wildman–Crippen MR) is 132 cm³/mol. The van der Waals surface area contributed by atoms with Gasteiger partial charge >= 0.3 is 0 Å². The van der Waals surface area contributed by atoms with Crippen LogP contribution < -0.4 is 15.2 Å². The molecule has 3 aromatic heterocycles. The lowest BCUT2D eigenvalue weighted by atomic mass is 10.2. The Kier molecular flexibility index (Phi) is 8.55. The van der Waals surface area contributed by atoms with Crippen molar-refractivity contribution in [3.63, 3.8) is 0 Å². The standard InChI is InChI=1S/C21H25ClN8O5S/c1-12(16(31)8-9-23)30-20(15-6-5-7-17(26-15)34-3)27-28-21(30)29-36(32,33)13(2)18(35-4)19-24-10-14(22)11-25-19/h5-13,18H,23H2,1-4H3,(H,28,29)/t12-,13-,18-/m0/s1. The molecular weight excluding hydrogens is 512 g/mol. The van der Waals surface area contributed by atoms with Crippen LogP contribution in [0.1, 0.15) is 31.8 Å². The van der Waals surface area contributed by atoms with Crippen LogP contribution in [0.3, 0.4) is 0 Å². The summed E-state index contributed by atoms with van der Waals surface area (Å²) >= 11 is 5.84. The summed E-state index contributed by atoms with van der Waals surface area (Å²) in [7, 11) is -1.38. The van der Waals surface area contributed by atoms with Gasteiger partial charge in [-0.2, -0.15) is 0 Å². The maximum Gasteiger partial charge on any atom is 0.240 e. The Morgan fingerprint density at radius 1 is 1.19 bits per heavy atom. The molecule has 36 heavy (non-hydrogen) atoms. The predicted octanol–water partition coefficient (Wildman–Crippen LogP) is 1.91. The van der Waals surface area contributed by atoms with E-state index in [1.807, 2.05) is 0 Å². The number of methoxy groups -OCH3 is 2. The highest BCUT2D eigenvalue weighted by Gasteiger charge is 2.35. The number of anilines is 1. The van der Waals surface area contributed by atoms with E-state index in [9.17, 15) is 13.2 Å². The first-order chi connectivity index (χ1) is 17.1. The molecule has 0 amide bonds. The molecule has 0 aliphatic rings. The lowest BCUT2D eigenvalue weighted by molar-refractivity contribution is -0.117. The molecule has 13 nitrogen and oxygen atoms in total. The molecular formula is C21H25ClN8O5S. The van der Waals surface area contributed by atoms with Gasteiger partial charge in [-0.3, -0.25) is 14.1 Å². The van der Waals surface area contributed by atoms with Crippen LogP contribution >= 0.6 is 11.6 Å². The van der Waals surface area contributed by atoms with Gasteiger partial charge in [-0.1, -0.05) is 17.7 Å². The fourth-order valence-corrected chi connectivity index (χ4v) is 4.51. The van der Waals surface area contributed by atoms with E-state index in [-0.39, 0.29) is 17.6 Å². The molecule has 0 saturated heterocycles. The van der Waals surface area contributed by atoms with Gasteiger partial charge in [-0.25, -0.2) is 23.4 Å². The fraction of sp³-hybridized carbons (Fsp3) is 0.333. The molecule has 3 heterocycles. The highest BCUT2D eigenvalue weighted by molar-refractivity contribution is 7.93. The van der Waals surface area contributed by atoms with Gasteiger partial charge in [0.15, 0.2) is 17.4 Å². The Bertz CT molecular complexity index is 1350. The van der Waals surface area contributed by atoms with Crippen LogP contribution in [0.15, 0.2) is 42.9 Å². The number of ketones is 1. The molecule has 0 saturated carbocycles. The van der Waals surface area contributed by atoms with Crippen molar-refractivity contribution < 1.29 is 22.7 Å². The SMILES string of the molecule is COc1cccc(-c2nnc(NS(=O)(=O)[C@@H](C)[C@H](OC)c3ncc(Cl)cn3)n2[C@@H](C)C(=O)C=CN)n1. The maximum absolute atomic E-state index is 13.3. The number of sulfonamides is 1. The third-order valence-electron chi connectivity index (χ3n) is 5.22. The number of carbonyl (C=O) groups excluding carboxylic acids is 1. The number of hydrogen-bond donors (Lipinski definition) is 2. The number of allylic oxidation sites excluding steroid dienone is 1. The second kappa shape index (κ2) is 11.4. The van der Waals surface area contributed by atoms with Crippen molar-refractivity contribution in [3.8, 4) is 17.4 Å². The van der Waals surface area contributed by atoms with Crippen molar-refractivity contribution in [1.29, 1.82) is 0 Å². The van der Waals surface area contributed by atoms with Gasteiger partial charge in [0, 0.05) is 25.6 Å². The Hall–Kier alpha value is -3.62. The number of aromatic nitrogens is 6. The average molecular weight is 537 g/mol. The van der Waals surface area contributed by atoms with Crippen molar-refractivity contribution in [2.45, 2.75) is 31.2 Å². The van der Waals surface area contributed by atoms with Gasteiger partial charge in [-0.15, -0.1) is 10.2 Å². The number of carbonyl (C=O) groups is 1. The third kappa shape index (κ3) is 5.78. The van der Waals surface area contributed by atoms with E-state index in [1.54, 1.807) is 25.1 Å². The molecule has 3 atom stereocenters. The zero-order valence-corrected chi connectivity index (χ0v) is 21.4. The molecule has 3 aromatic rings. The van der Waals surface area contributed by atoms with E-state index in [2.05, 4.69) is 29.9 Å². The van der Waals surface area contributed by atoms with Gasteiger partial charge in [-0.05, 0) is 32.2 Å². The number of pyridine rings is 1. The van der Waals surface area contributed by atoms with Crippen LogP contribution in [0.25, 0.3) is 11.5 Å². The molecule has 0 fully saturated rings. The van der Waals surface area contributed by atoms with E-state index in [4.69, 9.17) is 26.8 Å². The van der Waals surface area contributed by atoms with Crippen LogP contribution in [-0.4, -0.2) is 63.4 Å². The molecule has 15 heteroatoms. The molecule has 0 unspecified atom stereocenters. The highest BCUT2D eigenvalue weighted by atomic mass is 35.5. The topological polar surface area (TPSA) is 177 Å². The molecule has 0 aliphatic heterocycles. The monoisotopic (exact) mass is 536 g/mol. The van der Waals surface area contributed by atoms with Crippen LogP contribution in [0.5, 0.6) is 5.88 Å². The Labute approximate surface area is 212 Å². The zero-order valence-electron chi connectivity index (χ0n) is 19.9. The molecule has 3 N–H and O–H groups in total. The number of hydrogen-bond acceptors (Lipinski definition) is 11. The van der Waals surface area contributed by atoms with Crippen molar-refractivity contribution in [1.82, 2.24) is 29.7 Å². The quantitative estimate of drug-likeness (QED) is 0.342. The van der Waals surface area contributed by atoms with E-state index in [1.165, 1.54) is 38.1 Å². The molecule has 0 bridgehead atoms. The first-order valence-corrected chi connectivity index (χ1v) is 12.5. The minimum absolute atomic E-state index is 0.124. The summed E-state index contributed by atoms with van der Waals surface area (Å²) in [5.74, 6) is -0.0718. The van der Waals surface area contributed by atoms with Gasteiger partial charge in [0.2, 0.25) is 21.9 Å². The molecule has 0 aromatic carbocycles.